The molecule has 11 heteroatoms. The molecule has 0 fully saturated rings. The standard InChI is InChI=1S/C19H15ClN2O6S2/c20-18-11-10-16(12-17(18)19(23)24)30(27,28)22-14-6-8-15(9-7-14)29(25,26)21-13-4-2-1-3-5-13/h1-12,21-22H,(H,23,24). The van der Waals surface area contributed by atoms with E-state index in [1.807, 2.05) is 0 Å². The Hall–Kier alpha value is -3.08. The smallest absolute Gasteiger partial charge is 0.337 e. The molecule has 0 saturated carbocycles. The van der Waals surface area contributed by atoms with Crippen molar-refractivity contribution in [2.24, 2.45) is 0 Å². The van der Waals surface area contributed by atoms with Crippen molar-refractivity contribution in [3.8, 4) is 0 Å². The van der Waals surface area contributed by atoms with Crippen LogP contribution in [-0.2, 0) is 20.0 Å². The van der Waals surface area contributed by atoms with Gasteiger partial charge in [0, 0.05) is 11.4 Å². The maximum Gasteiger partial charge on any atom is 0.337 e. The second-order valence-electron chi connectivity index (χ2n) is 6.05. The van der Waals surface area contributed by atoms with Crippen LogP contribution in [0.3, 0.4) is 0 Å². The average molecular weight is 467 g/mol. The summed E-state index contributed by atoms with van der Waals surface area (Å²) in [5, 5.41) is 9.00. The van der Waals surface area contributed by atoms with Gasteiger partial charge >= 0.3 is 5.97 Å². The third kappa shape index (κ3) is 4.90. The van der Waals surface area contributed by atoms with E-state index in [0.717, 1.165) is 6.07 Å². The number of anilines is 2. The third-order valence-electron chi connectivity index (χ3n) is 3.92. The highest BCUT2D eigenvalue weighted by Gasteiger charge is 2.19. The van der Waals surface area contributed by atoms with Crippen LogP contribution in [0, 0.1) is 0 Å². The topological polar surface area (TPSA) is 130 Å². The molecular weight excluding hydrogens is 452 g/mol. The number of para-hydroxylation sites is 1. The van der Waals surface area contributed by atoms with Gasteiger partial charge in [-0.25, -0.2) is 21.6 Å². The molecule has 3 rings (SSSR count). The lowest BCUT2D eigenvalue weighted by Crippen LogP contribution is -2.15. The second-order valence-corrected chi connectivity index (χ2v) is 9.82. The molecule has 0 radical (unpaired) electrons. The van der Waals surface area contributed by atoms with Crippen molar-refractivity contribution in [3.63, 3.8) is 0 Å². The summed E-state index contributed by atoms with van der Waals surface area (Å²) in [7, 11) is -7.97. The lowest BCUT2D eigenvalue weighted by Gasteiger charge is -2.11. The van der Waals surface area contributed by atoms with Crippen molar-refractivity contribution < 1.29 is 26.7 Å². The number of nitrogens with one attached hydrogen (secondary N) is 2. The molecule has 0 aromatic heterocycles. The fourth-order valence-corrected chi connectivity index (χ4v) is 4.81. The number of aromatic carboxylic acids is 1. The van der Waals surface area contributed by atoms with Crippen LogP contribution in [0.1, 0.15) is 10.4 Å². The molecule has 3 aromatic rings. The number of carboxylic acids is 1. The van der Waals surface area contributed by atoms with E-state index in [2.05, 4.69) is 9.44 Å². The molecule has 0 bridgehead atoms. The van der Waals surface area contributed by atoms with Crippen molar-refractivity contribution in [2.75, 3.05) is 9.44 Å². The molecule has 3 N–H and O–H groups in total. The molecule has 3 aromatic carbocycles. The first-order valence-electron chi connectivity index (χ1n) is 8.32. The van der Waals surface area contributed by atoms with E-state index in [-0.39, 0.29) is 26.1 Å². The molecule has 0 aliphatic rings. The van der Waals surface area contributed by atoms with Gasteiger partial charge in [0.05, 0.1) is 20.4 Å². The van der Waals surface area contributed by atoms with Gasteiger partial charge in [0.2, 0.25) is 0 Å². The summed E-state index contributed by atoms with van der Waals surface area (Å²) in [6.07, 6.45) is 0. The van der Waals surface area contributed by atoms with E-state index < -0.39 is 26.0 Å². The molecule has 156 valence electrons. The molecule has 0 heterocycles. The van der Waals surface area contributed by atoms with E-state index in [4.69, 9.17) is 16.7 Å². The maximum atomic E-state index is 12.5. The van der Waals surface area contributed by atoms with E-state index in [1.54, 1.807) is 30.3 Å². The lowest BCUT2D eigenvalue weighted by molar-refractivity contribution is 0.0697. The Labute approximate surface area is 178 Å². The predicted molar refractivity (Wildman–Crippen MR) is 113 cm³/mol. The molecule has 0 spiro atoms. The first-order valence-corrected chi connectivity index (χ1v) is 11.7. The fraction of sp³-hybridized carbons (Fsp3) is 0. The highest BCUT2D eigenvalue weighted by molar-refractivity contribution is 7.93. The lowest BCUT2D eigenvalue weighted by atomic mass is 10.2. The van der Waals surface area contributed by atoms with E-state index >= 15 is 0 Å². The number of hydrogen-bond donors (Lipinski definition) is 3. The summed E-state index contributed by atoms with van der Waals surface area (Å²) in [5.41, 5.74) is 0.132. The van der Waals surface area contributed by atoms with Crippen LogP contribution in [0.5, 0.6) is 0 Å². The number of sulfonamides is 2. The molecular formula is C19H15ClN2O6S2. The van der Waals surface area contributed by atoms with E-state index in [9.17, 15) is 21.6 Å². The van der Waals surface area contributed by atoms with Gasteiger partial charge in [-0.1, -0.05) is 29.8 Å². The quantitative estimate of drug-likeness (QED) is 0.487. The van der Waals surface area contributed by atoms with Gasteiger partial charge in [0.25, 0.3) is 20.0 Å². The van der Waals surface area contributed by atoms with Crippen LogP contribution in [0.4, 0.5) is 11.4 Å². The maximum absolute atomic E-state index is 12.5. The number of benzene rings is 3. The fourth-order valence-electron chi connectivity index (χ4n) is 2.47. The second kappa shape index (κ2) is 8.34. The number of carbonyl (C=O) groups is 1. The van der Waals surface area contributed by atoms with Gasteiger partial charge in [0.1, 0.15) is 0 Å². The van der Waals surface area contributed by atoms with Crippen molar-refractivity contribution in [1.29, 1.82) is 0 Å². The zero-order chi connectivity index (χ0) is 21.9. The molecule has 0 atom stereocenters. The Morgan fingerprint density at radius 1 is 0.733 bits per heavy atom. The van der Waals surface area contributed by atoms with Crippen molar-refractivity contribution >= 4 is 49.0 Å². The first kappa shape index (κ1) is 21.6. The Balaban J connectivity index is 1.81. The number of rotatable bonds is 7. The zero-order valence-electron chi connectivity index (χ0n) is 15.1. The summed E-state index contributed by atoms with van der Waals surface area (Å²) < 4.78 is 54.6. The molecule has 0 aliphatic carbocycles. The van der Waals surface area contributed by atoms with Crippen LogP contribution in [0.25, 0.3) is 0 Å². The predicted octanol–water partition coefficient (Wildman–Crippen LogP) is 3.64. The average Bonchev–Trinajstić information content (AvgIpc) is 2.68. The zero-order valence-corrected chi connectivity index (χ0v) is 17.5. The van der Waals surface area contributed by atoms with Gasteiger partial charge < -0.3 is 5.11 Å². The van der Waals surface area contributed by atoms with Crippen molar-refractivity contribution in [3.05, 3.63) is 83.4 Å². The normalized spacial score (nSPS) is 11.6. The number of hydrogen-bond acceptors (Lipinski definition) is 5. The molecule has 0 saturated heterocycles. The molecule has 8 nitrogen and oxygen atoms in total. The van der Waals surface area contributed by atoms with Crippen molar-refractivity contribution in [2.45, 2.75) is 9.79 Å². The highest BCUT2D eigenvalue weighted by atomic mass is 35.5. The largest absolute Gasteiger partial charge is 0.478 e. The number of carboxylic acid groups (broad SMARTS) is 1. The van der Waals surface area contributed by atoms with E-state index in [1.165, 1.54) is 36.4 Å². The van der Waals surface area contributed by atoms with Crippen molar-refractivity contribution in [1.82, 2.24) is 0 Å². The minimum atomic E-state index is -4.12. The Bertz CT molecular complexity index is 1290. The van der Waals surface area contributed by atoms with Gasteiger partial charge in [-0.2, -0.15) is 0 Å². The minimum absolute atomic E-state index is 0.0612. The first-order chi connectivity index (χ1) is 14.1. The van der Waals surface area contributed by atoms with Crippen LogP contribution < -0.4 is 9.44 Å². The molecule has 0 amide bonds. The van der Waals surface area contributed by atoms with Crippen LogP contribution in [-0.4, -0.2) is 27.9 Å². The molecule has 30 heavy (non-hydrogen) atoms. The summed E-state index contributed by atoms with van der Waals surface area (Å²) in [5.74, 6) is -1.36. The SMILES string of the molecule is O=C(O)c1cc(S(=O)(=O)Nc2ccc(S(=O)(=O)Nc3ccccc3)cc2)ccc1Cl. The monoisotopic (exact) mass is 466 g/mol. The Kier molecular flexibility index (Phi) is 6.01. The van der Waals surface area contributed by atoms with Gasteiger partial charge in [-0.3, -0.25) is 9.44 Å². The van der Waals surface area contributed by atoms with Crippen LogP contribution >= 0.6 is 11.6 Å². The summed E-state index contributed by atoms with van der Waals surface area (Å²) in [6.45, 7) is 0. The summed E-state index contributed by atoms with van der Waals surface area (Å²) in [6, 6.07) is 16.6. The van der Waals surface area contributed by atoms with Crippen LogP contribution in [0.2, 0.25) is 5.02 Å². The van der Waals surface area contributed by atoms with E-state index in [0.29, 0.717) is 5.69 Å². The van der Waals surface area contributed by atoms with Crippen LogP contribution in [0.15, 0.2) is 82.6 Å². The number of halogens is 1. The summed E-state index contributed by atoms with van der Waals surface area (Å²) >= 11 is 5.76. The molecule has 0 aliphatic heterocycles. The summed E-state index contributed by atoms with van der Waals surface area (Å²) in [4.78, 5) is 10.8. The van der Waals surface area contributed by atoms with Gasteiger partial charge in [-0.15, -0.1) is 0 Å². The minimum Gasteiger partial charge on any atom is -0.478 e. The third-order valence-corrected chi connectivity index (χ3v) is 7.03. The Morgan fingerprint density at radius 3 is 1.80 bits per heavy atom. The Morgan fingerprint density at radius 2 is 1.23 bits per heavy atom. The van der Waals surface area contributed by atoms with Gasteiger partial charge in [-0.05, 0) is 54.6 Å². The van der Waals surface area contributed by atoms with Gasteiger partial charge in [0.15, 0.2) is 0 Å². The highest BCUT2D eigenvalue weighted by Crippen LogP contribution is 2.24. The molecule has 0 unspecified atom stereocenters.